The molecule has 2 aromatic carbocycles. The van der Waals surface area contributed by atoms with E-state index in [-0.39, 0.29) is 12.4 Å². The average Bonchev–Trinajstić information content (AvgIpc) is 2.81. The van der Waals surface area contributed by atoms with Crippen molar-refractivity contribution >= 4 is 17.6 Å². The van der Waals surface area contributed by atoms with Crippen molar-refractivity contribution in [1.29, 1.82) is 0 Å². The van der Waals surface area contributed by atoms with Gasteiger partial charge in [-0.15, -0.1) is 0 Å². The van der Waals surface area contributed by atoms with Gasteiger partial charge in [-0.05, 0) is 49.2 Å². The molecule has 1 aliphatic heterocycles. The molecular formula is C25H31ClO9. The van der Waals surface area contributed by atoms with Crippen LogP contribution in [-0.2, 0) is 27.3 Å². The van der Waals surface area contributed by atoms with Crippen molar-refractivity contribution in [3.05, 3.63) is 58.1 Å². The van der Waals surface area contributed by atoms with E-state index in [9.17, 15) is 25.2 Å². The zero-order valence-electron chi connectivity index (χ0n) is 19.8. The average molecular weight is 511 g/mol. The molecule has 0 radical (unpaired) electrons. The quantitative estimate of drug-likeness (QED) is 0.373. The summed E-state index contributed by atoms with van der Waals surface area (Å²) in [6.45, 7) is 5.07. The van der Waals surface area contributed by atoms with Gasteiger partial charge in [0.05, 0.1) is 12.7 Å². The molecule has 0 unspecified atom stereocenters. The summed E-state index contributed by atoms with van der Waals surface area (Å²) < 4.78 is 22.1. The monoisotopic (exact) mass is 510 g/mol. The zero-order valence-corrected chi connectivity index (χ0v) is 20.5. The molecule has 9 nitrogen and oxygen atoms in total. The predicted octanol–water partition coefficient (Wildman–Crippen LogP) is 1.96. The minimum Gasteiger partial charge on any atom is -0.494 e. The van der Waals surface area contributed by atoms with Gasteiger partial charge in [0, 0.05) is 23.9 Å². The predicted molar refractivity (Wildman–Crippen MR) is 126 cm³/mol. The lowest BCUT2D eigenvalue weighted by atomic mass is 9.96. The second kappa shape index (κ2) is 12.0. The van der Waals surface area contributed by atoms with E-state index in [0.29, 0.717) is 29.2 Å². The van der Waals surface area contributed by atoms with Crippen molar-refractivity contribution < 1.29 is 44.2 Å². The third-order valence-corrected chi connectivity index (χ3v) is 5.93. The van der Waals surface area contributed by atoms with E-state index in [0.717, 1.165) is 11.3 Å². The topological polar surface area (TPSA) is 135 Å². The van der Waals surface area contributed by atoms with Crippen LogP contribution in [-0.4, -0.2) is 69.8 Å². The number of esters is 1. The van der Waals surface area contributed by atoms with Crippen molar-refractivity contribution in [2.24, 2.45) is 0 Å². The van der Waals surface area contributed by atoms with Crippen LogP contribution in [0.4, 0.5) is 0 Å². The number of rotatable bonds is 9. The van der Waals surface area contributed by atoms with Crippen molar-refractivity contribution in [2.45, 2.75) is 70.6 Å². The number of hydrogen-bond donors (Lipinski definition) is 4. The Balaban J connectivity index is 1.93. The molecule has 1 saturated heterocycles. The molecule has 192 valence electrons. The minimum atomic E-state index is -1.61. The molecule has 2 aromatic rings. The van der Waals surface area contributed by atoms with Gasteiger partial charge in [0.2, 0.25) is 6.29 Å². The van der Waals surface area contributed by atoms with E-state index < -0.39 is 42.8 Å². The van der Waals surface area contributed by atoms with Gasteiger partial charge in [0.15, 0.2) is 0 Å². The van der Waals surface area contributed by atoms with Gasteiger partial charge in [-0.1, -0.05) is 23.7 Å². The lowest BCUT2D eigenvalue weighted by Gasteiger charge is -2.41. The van der Waals surface area contributed by atoms with Gasteiger partial charge in [0.1, 0.15) is 42.5 Å². The van der Waals surface area contributed by atoms with Crippen LogP contribution in [0.2, 0.25) is 5.02 Å². The molecule has 1 aliphatic rings. The molecule has 1 heterocycles. The van der Waals surface area contributed by atoms with Crippen LogP contribution in [0.15, 0.2) is 36.4 Å². The molecule has 4 N–H and O–H groups in total. The number of aliphatic hydroxyl groups is 4. The van der Waals surface area contributed by atoms with Crippen molar-refractivity contribution in [2.75, 3.05) is 6.61 Å². The molecule has 3 rings (SSSR count). The van der Waals surface area contributed by atoms with Gasteiger partial charge < -0.3 is 39.4 Å². The number of benzene rings is 2. The van der Waals surface area contributed by atoms with E-state index in [1.165, 1.54) is 13.8 Å². The summed E-state index contributed by atoms with van der Waals surface area (Å²) in [5.41, 5.74) is 2.00. The summed E-state index contributed by atoms with van der Waals surface area (Å²) in [5.74, 6) is 0.487. The third kappa shape index (κ3) is 6.84. The Bertz CT molecular complexity index is 995. The number of ether oxygens (including phenoxy) is 4. The first-order valence-corrected chi connectivity index (χ1v) is 11.7. The van der Waals surface area contributed by atoms with Crippen LogP contribution in [0, 0.1) is 0 Å². The lowest BCUT2D eigenvalue weighted by Crippen LogP contribution is -2.61. The van der Waals surface area contributed by atoms with Crippen molar-refractivity contribution in [1.82, 2.24) is 0 Å². The number of halogens is 1. The highest BCUT2D eigenvalue weighted by Gasteiger charge is 2.46. The second-order valence-corrected chi connectivity index (χ2v) is 8.79. The molecule has 0 saturated carbocycles. The van der Waals surface area contributed by atoms with Crippen LogP contribution in [0.5, 0.6) is 11.5 Å². The van der Waals surface area contributed by atoms with Gasteiger partial charge in [-0.3, -0.25) is 4.79 Å². The molecule has 0 amide bonds. The smallest absolute Gasteiger partial charge is 0.302 e. The summed E-state index contributed by atoms with van der Waals surface area (Å²) in [5, 5.41) is 41.2. The Morgan fingerprint density at radius 3 is 2.37 bits per heavy atom. The van der Waals surface area contributed by atoms with E-state index in [2.05, 4.69) is 0 Å². The van der Waals surface area contributed by atoms with Crippen LogP contribution in [0.25, 0.3) is 0 Å². The fraction of sp³-hybridized carbons (Fsp3) is 0.480. The largest absolute Gasteiger partial charge is 0.494 e. The van der Waals surface area contributed by atoms with E-state index >= 15 is 0 Å². The van der Waals surface area contributed by atoms with Crippen molar-refractivity contribution in [3.8, 4) is 11.5 Å². The Hall–Kier alpha value is -2.40. The molecular weight excluding hydrogens is 480 g/mol. The highest BCUT2D eigenvalue weighted by molar-refractivity contribution is 6.31. The van der Waals surface area contributed by atoms with Crippen LogP contribution in [0.3, 0.4) is 0 Å². The summed E-state index contributed by atoms with van der Waals surface area (Å²) in [4.78, 5) is 11.3. The Labute approximate surface area is 208 Å². The van der Waals surface area contributed by atoms with Gasteiger partial charge in [0.25, 0.3) is 0 Å². The maximum Gasteiger partial charge on any atom is 0.302 e. The van der Waals surface area contributed by atoms with Crippen molar-refractivity contribution in [3.63, 3.8) is 0 Å². The number of hydrogen-bond acceptors (Lipinski definition) is 9. The van der Waals surface area contributed by atoms with Gasteiger partial charge in [-0.25, -0.2) is 0 Å². The van der Waals surface area contributed by atoms with Gasteiger partial charge in [-0.2, -0.15) is 0 Å². The summed E-state index contributed by atoms with van der Waals surface area (Å²) in [7, 11) is 0. The number of carbonyl (C=O) groups excluding carboxylic acids is 1. The van der Waals surface area contributed by atoms with Crippen LogP contribution < -0.4 is 9.47 Å². The minimum absolute atomic E-state index is 0.0551. The second-order valence-electron chi connectivity index (χ2n) is 8.39. The summed E-state index contributed by atoms with van der Waals surface area (Å²) in [6, 6.07) is 10.7. The molecule has 35 heavy (non-hydrogen) atoms. The summed E-state index contributed by atoms with van der Waals surface area (Å²) >= 11 is 6.59. The number of carbonyl (C=O) groups is 1. The van der Waals surface area contributed by atoms with E-state index in [4.69, 9.17) is 30.5 Å². The Morgan fingerprint density at radius 2 is 1.77 bits per heavy atom. The highest BCUT2D eigenvalue weighted by Crippen LogP contribution is 2.34. The van der Waals surface area contributed by atoms with Crippen LogP contribution >= 0.6 is 11.6 Å². The summed E-state index contributed by atoms with van der Waals surface area (Å²) in [6.07, 6.45) is -8.11. The molecule has 0 spiro atoms. The first kappa shape index (κ1) is 27.2. The Kier molecular flexibility index (Phi) is 9.34. The highest BCUT2D eigenvalue weighted by atomic mass is 35.5. The van der Waals surface area contributed by atoms with E-state index in [1.807, 2.05) is 31.2 Å². The van der Waals surface area contributed by atoms with Crippen LogP contribution in [0.1, 0.15) is 37.5 Å². The fourth-order valence-electron chi connectivity index (χ4n) is 3.78. The van der Waals surface area contributed by atoms with E-state index in [1.54, 1.807) is 12.1 Å². The first-order valence-electron chi connectivity index (χ1n) is 11.3. The molecule has 6 atom stereocenters. The standard InChI is InChI=1S/C25H31ClO9/c1-4-32-17-7-5-15(6-8-17)9-18-19(26)10-16(12-33-14(3)28)11-20(18)34-25-23(31)21(29)22(30)24(35-25)13(2)27/h5-8,10-11,13,21-25,27,29-31H,4,9,12H2,1-3H3/t13-,21+,22+,23-,24-,25-/m1/s1. The zero-order chi connectivity index (χ0) is 25.7. The molecule has 0 aromatic heterocycles. The fourth-order valence-corrected chi connectivity index (χ4v) is 4.08. The molecule has 10 heteroatoms. The maximum atomic E-state index is 11.3. The third-order valence-electron chi connectivity index (χ3n) is 5.60. The number of aliphatic hydroxyl groups excluding tert-OH is 4. The van der Waals surface area contributed by atoms with Gasteiger partial charge >= 0.3 is 5.97 Å². The Morgan fingerprint density at radius 1 is 1.09 bits per heavy atom. The first-order chi connectivity index (χ1) is 16.6. The lowest BCUT2D eigenvalue weighted by molar-refractivity contribution is -0.286. The molecule has 0 bridgehead atoms. The molecule has 1 fully saturated rings. The normalized spacial score (nSPS) is 25.1. The maximum absolute atomic E-state index is 11.3. The molecule has 0 aliphatic carbocycles. The SMILES string of the molecule is CCOc1ccc(Cc2c(Cl)cc(COC(C)=O)cc2O[C@@H]2O[C@H]([C@@H](C)O)[C@@H](O)[C@H](O)[C@H]2O)cc1.